The zero-order valence-corrected chi connectivity index (χ0v) is 10.5. The first kappa shape index (κ1) is 12.4. The van der Waals surface area contributed by atoms with E-state index < -0.39 is 0 Å². The Morgan fingerprint density at radius 3 is 2.94 bits per heavy atom. The number of para-hydroxylation sites is 1. The Morgan fingerprint density at radius 1 is 1.35 bits per heavy atom. The molecule has 0 bridgehead atoms. The highest BCUT2D eigenvalue weighted by atomic mass is 16.2. The second-order valence-electron chi connectivity index (χ2n) is 4.61. The lowest BCUT2D eigenvalue weighted by Gasteiger charge is -2.35. The summed E-state index contributed by atoms with van der Waals surface area (Å²) in [4.78, 5) is 2.44. The molecule has 17 heavy (non-hydrogen) atoms. The highest BCUT2D eigenvalue weighted by molar-refractivity contribution is 5.56. The monoisotopic (exact) mass is 234 g/mol. The Labute approximate surface area is 103 Å². The van der Waals surface area contributed by atoms with Crippen molar-refractivity contribution in [2.24, 2.45) is 0 Å². The molecule has 1 aromatic rings. The number of fused-ring (bicyclic) bond motifs is 1. The molecule has 0 spiro atoms. The molecule has 0 saturated heterocycles. The van der Waals surface area contributed by atoms with Crippen molar-refractivity contribution in [1.29, 1.82) is 0 Å². The summed E-state index contributed by atoms with van der Waals surface area (Å²) < 4.78 is 0. The quantitative estimate of drug-likeness (QED) is 0.764. The zero-order chi connectivity index (χ0) is 12.1. The third-order valence-electron chi connectivity index (χ3n) is 3.53. The standard InChI is InChI=1S/C14H22N2O/c1-15-13-8-10-16(9-4-5-11-17)14-7-3-2-6-12(13)14/h2-3,6-7,13,15,17H,4-5,8-11H2,1H3. The number of hydrogen-bond donors (Lipinski definition) is 2. The van der Waals surface area contributed by atoms with Gasteiger partial charge in [0.05, 0.1) is 0 Å². The molecule has 2 rings (SSSR count). The number of aliphatic hydroxyl groups is 1. The van der Waals surface area contributed by atoms with E-state index in [0.29, 0.717) is 12.6 Å². The first-order valence-corrected chi connectivity index (χ1v) is 6.49. The Morgan fingerprint density at radius 2 is 2.18 bits per heavy atom. The van der Waals surface area contributed by atoms with Gasteiger partial charge in [0.1, 0.15) is 0 Å². The average molecular weight is 234 g/mol. The molecule has 3 nitrogen and oxygen atoms in total. The molecule has 1 aromatic carbocycles. The molecule has 3 heteroatoms. The molecule has 0 amide bonds. The number of nitrogens with zero attached hydrogens (tertiary/aromatic N) is 1. The van der Waals surface area contributed by atoms with E-state index in [2.05, 4.69) is 34.5 Å². The lowest BCUT2D eigenvalue weighted by Crippen LogP contribution is -2.35. The van der Waals surface area contributed by atoms with E-state index in [9.17, 15) is 0 Å². The molecule has 2 N–H and O–H groups in total. The van der Waals surface area contributed by atoms with Crippen LogP contribution in [0.3, 0.4) is 0 Å². The second kappa shape index (κ2) is 6.03. The number of aliphatic hydroxyl groups excluding tert-OH is 1. The van der Waals surface area contributed by atoms with Gasteiger partial charge in [-0.1, -0.05) is 18.2 Å². The summed E-state index contributed by atoms with van der Waals surface area (Å²) in [6, 6.07) is 9.13. The second-order valence-corrected chi connectivity index (χ2v) is 4.61. The van der Waals surface area contributed by atoms with Crippen LogP contribution >= 0.6 is 0 Å². The molecule has 1 heterocycles. The number of rotatable bonds is 5. The molecule has 1 aliphatic heterocycles. The van der Waals surface area contributed by atoms with E-state index in [4.69, 9.17) is 5.11 Å². The van der Waals surface area contributed by atoms with Crippen LogP contribution in [0.5, 0.6) is 0 Å². The predicted octanol–water partition coefficient (Wildman–Crippen LogP) is 1.93. The van der Waals surface area contributed by atoms with Gasteiger partial charge in [-0.3, -0.25) is 0 Å². The summed E-state index contributed by atoms with van der Waals surface area (Å²) in [6.07, 6.45) is 3.12. The van der Waals surface area contributed by atoms with Gasteiger partial charge in [0.25, 0.3) is 0 Å². The summed E-state index contributed by atoms with van der Waals surface area (Å²) >= 11 is 0. The van der Waals surface area contributed by atoms with Crippen LogP contribution in [0.15, 0.2) is 24.3 Å². The van der Waals surface area contributed by atoms with Crippen molar-refractivity contribution in [3.8, 4) is 0 Å². The molecule has 0 aromatic heterocycles. The maximum atomic E-state index is 8.84. The van der Waals surface area contributed by atoms with Crippen molar-refractivity contribution in [3.05, 3.63) is 29.8 Å². The molecule has 94 valence electrons. The van der Waals surface area contributed by atoms with Crippen molar-refractivity contribution in [1.82, 2.24) is 5.32 Å². The van der Waals surface area contributed by atoms with Crippen LogP contribution in [0.4, 0.5) is 5.69 Å². The topological polar surface area (TPSA) is 35.5 Å². The smallest absolute Gasteiger partial charge is 0.0431 e. The number of nitrogens with one attached hydrogen (secondary N) is 1. The first-order chi connectivity index (χ1) is 8.36. The maximum absolute atomic E-state index is 8.84. The Hall–Kier alpha value is -1.06. The lowest BCUT2D eigenvalue weighted by molar-refractivity contribution is 0.284. The summed E-state index contributed by atoms with van der Waals surface area (Å²) in [5.41, 5.74) is 2.77. The fourth-order valence-corrected chi connectivity index (χ4v) is 2.58. The molecule has 0 saturated carbocycles. The third-order valence-corrected chi connectivity index (χ3v) is 3.53. The van der Waals surface area contributed by atoms with Crippen molar-refractivity contribution in [2.75, 3.05) is 31.6 Å². The van der Waals surface area contributed by atoms with E-state index in [1.165, 1.54) is 11.3 Å². The van der Waals surface area contributed by atoms with Gasteiger partial charge in [0, 0.05) is 31.4 Å². The van der Waals surface area contributed by atoms with Crippen molar-refractivity contribution in [3.63, 3.8) is 0 Å². The van der Waals surface area contributed by atoms with Crippen LogP contribution in [0.25, 0.3) is 0 Å². The minimum atomic E-state index is 0.300. The molecule has 0 radical (unpaired) electrons. The van der Waals surface area contributed by atoms with Crippen molar-refractivity contribution in [2.45, 2.75) is 25.3 Å². The summed E-state index contributed by atoms with van der Waals surface area (Å²) in [5.74, 6) is 0. The average Bonchev–Trinajstić information content (AvgIpc) is 2.39. The summed E-state index contributed by atoms with van der Waals surface area (Å²) in [6.45, 7) is 2.45. The Balaban J connectivity index is 2.10. The molecule has 1 aliphatic rings. The number of unbranched alkanes of at least 4 members (excludes halogenated alkanes) is 1. The minimum Gasteiger partial charge on any atom is -0.396 e. The van der Waals surface area contributed by atoms with E-state index in [1.807, 2.05) is 7.05 Å². The van der Waals surface area contributed by atoms with Crippen LogP contribution in [-0.4, -0.2) is 31.9 Å². The maximum Gasteiger partial charge on any atom is 0.0431 e. The number of anilines is 1. The number of hydrogen-bond acceptors (Lipinski definition) is 3. The van der Waals surface area contributed by atoms with Gasteiger partial charge in [-0.2, -0.15) is 0 Å². The van der Waals surface area contributed by atoms with Crippen LogP contribution < -0.4 is 10.2 Å². The van der Waals surface area contributed by atoms with Crippen molar-refractivity contribution < 1.29 is 5.11 Å². The predicted molar refractivity (Wildman–Crippen MR) is 71.4 cm³/mol. The summed E-state index contributed by atoms with van der Waals surface area (Å²) in [7, 11) is 2.03. The Kier molecular flexibility index (Phi) is 4.40. The normalized spacial score (nSPS) is 19.2. The molecule has 0 aliphatic carbocycles. The largest absolute Gasteiger partial charge is 0.396 e. The highest BCUT2D eigenvalue weighted by Crippen LogP contribution is 2.33. The van der Waals surface area contributed by atoms with Gasteiger partial charge in [0.2, 0.25) is 0 Å². The fourth-order valence-electron chi connectivity index (χ4n) is 2.58. The van der Waals surface area contributed by atoms with Gasteiger partial charge in [-0.05, 0) is 37.9 Å². The fraction of sp³-hybridized carbons (Fsp3) is 0.571. The lowest BCUT2D eigenvalue weighted by atomic mass is 9.96. The molecule has 1 unspecified atom stereocenters. The van der Waals surface area contributed by atoms with E-state index in [-0.39, 0.29) is 0 Å². The van der Waals surface area contributed by atoms with E-state index >= 15 is 0 Å². The van der Waals surface area contributed by atoms with Crippen LogP contribution in [0, 0.1) is 0 Å². The van der Waals surface area contributed by atoms with Gasteiger partial charge >= 0.3 is 0 Å². The molecule has 0 fully saturated rings. The Bertz CT molecular complexity index is 354. The van der Waals surface area contributed by atoms with Crippen LogP contribution in [-0.2, 0) is 0 Å². The highest BCUT2D eigenvalue weighted by Gasteiger charge is 2.22. The third kappa shape index (κ3) is 2.79. The number of benzene rings is 1. The molecule has 1 atom stereocenters. The SMILES string of the molecule is CNC1CCN(CCCCO)c2ccccc21. The van der Waals surface area contributed by atoms with Gasteiger partial charge in [-0.25, -0.2) is 0 Å². The van der Waals surface area contributed by atoms with Gasteiger partial charge < -0.3 is 15.3 Å². The van der Waals surface area contributed by atoms with E-state index in [1.54, 1.807) is 0 Å². The molecular formula is C14H22N2O. The van der Waals surface area contributed by atoms with Gasteiger partial charge in [-0.15, -0.1) is 0 Å². The van der Waals surface area contributed by atoms with Crippen molar-refractivity contribution >= 4 is 5.69 Å². The minimum absolute atomic E-state index is 0.300. The molecular weight excluding hydrogens is 212 g/mol. The van der Waals surface area contributed by atoms with E-state index in [0.717, 1.165) is 32.4 Å². The summed E-state index contributed by atoms with van der Waals surface area (Å²) in [5, 5.41) is 12.2. The van der Waals surface area contributed by atoms with Crippen LogP contribution in [0.1, 0.15) is 30.9 Å². The van der Waals surface area contributed by atoms with Gasteiger partial charge in [0.15, 0.2) is 0 Å². The van der Waals surface area contributed by atoms with Crippen LogP contribution in [0.2, 0.25) is 0 Å². The first-order valence-electron chi connectivity index (χ1n) is 6.49. The zero-order valence-electron chi connectivity index (χ0n) is 10.5.